The van der Waals surface area contributed by atoms with E-state index < -0.39 is 10.8 Å². The lowest BCUT2D eigenvalue weighted by atomic mass is 10.2. The summed E-state index contributed by atoms with van der Waals surface area (Å²) in [5.41, 5.74) is 5.47. The molecule has 1 fully saturated rings. The maximum absolute atomic E-state index is 11.2. The Labute approximate surface area is 80.7 Å². The predicted molar refractivity (Wildman–Crippen MR) is 52.7 cm³/mol. The standard InChI is InChI=1S/C8H16N2O2S/c1-6(9)4-8(11)10-7-2-3-13(12)5-7/h6-7H,2-5,9H2,1H3,(H,10,11). The monoisotopic (exact) mass is 204 g/mol. The predicted octanol–water partition coefficient (Wildman–Crippen LogP) is -0.639. The molecule has 0 spiro atoms. The van der Waals surface area contributed by atoms with Gasteiger partial charge in [0.25, 0.3) is 0 Å². The maximum atomic E-state index is 11.2. The minimum Gasteiger partial charge on any atom is -0.352 e. The third-order valence-electron chi connectivity index (χ3n) is 1.95. The summed E-state index contributed by atoms with van der Waals surface area (Å²) < 4.78 is 11.0. The van der Waals surface area contributed by atoms with Gasteiger partial charge in [-0.15, -0.1) is 0 Å². The summed E-state index contributed by atoms with van der Waals surface area (Å²) >= 11 is 0. The summed E-state index contributed by atoms with van der Waals surface area (Å²) in [7, 11) is -0.728. The zero-order valence-electron chi connectivity index (χ0n) is 7.79. The highest BCUT2D eigenvalue weighted by Crippen LogP contribution is 2.07. The number of amides is 1. The summed E-state index contributed by atoms with van der Waals surface area (Å²) in [6, 6.07) is -0.000941. The Morgan fingerprint density at radius 2 is 2.46 bits per heavy atom. The van der Waals surface area contributed by atoms with Crippen molar-refractivity contribution in [1.82, 2.24) is 5.32 Å². The molecule has 3 unspecified atom stereocenters. The van der Waals surface area contributed by atoms with Crippen molar-refractivity contribution in [2.45, 2.75) is 31.8 Å². The van der Waals surface area contributed by atoms with Gasteiger partial charge in [-0.2, -0.15) is 0 Å². The Hall–Kier alpha value is -0.420. The van der Waals surface area contributed by atoms with E-state index in [9.17, 15) is 9.00 Å². The van der Waals surface area contributed by atoms with Gasteiger partial charge < -0.3 is 11.1 Å². The summed E-state index contributed by atoms with van der Waals surface area (Å²) in [6.07, 6.45) is 1.18. The zero-order valence-corrected chi connectivity index (χ0v) is 8.60. The van der Waals surface area contributed by atoms with E-state index in [1.54, 1.807) is 6.92 Å². The first kappa shape index (κ1) is 10.7. The number of hydrogen-bond donors (Lipinski definition) is 2. The summed E-state index contributed by atoms with van der Waals surface area (Å²) in [5.74, 6) is 1.28. The molecule has 1 saturated heterocycles. The second kappa shape index (κ2) is 4.72. The number of carbonyl (C=O) groups excluding carboxylic acids is 1. The second-order valence-electron chi connectivity index (χ2n) is 3.55. The highest BCUT2D eigenvalue weighted by atomic mass is 32.2. The lowest BCUT2D eigenvalue weighted by molar-refractivity contribution is -0.121. The van der Waals surface area contributed by atoms with Crippen LogP contribution in [-0.4, -0.2) is 33.7 Å². The van der Waals surface area contributed by atoms with Crippen molar-refractivity contribution >= 4 is 16.7 Å². The van der Waals surface area contributed by atoms with Crippen LogP contribution < -0.4 is 11.1 Å². The fourth-order valence-electron chi connectivity index (χ4n) is 1.36. The van der Waals surface area contributed by atoms with Crippen molar-refractivity contribution in [3.63, 3.8) is 0 Å². The van der Waals surface area contributed by atoms with Crippen molar-refractivity contribution in [3.05, 3.63) is 0 Å². The third kappa shape index (κ3) is 3.87. The Bertz CT molecular complexity index is 218. The molecule has 1 rings (SSSR count). The first-order valence-electron chi connectivity index (χ1n) is 4.48. The van der Waals surface area contributed by atoms with Gasteiger partial charge in [-0.05, 0) is 13.3 Å². The molecular formula is C8H16N2O2S. The highest BCUT2D eigenvalue weighted by molar-refractivity contribution is 7.85. The molecule has 5 heteroatoms. The van der Waals surface area contributed by atoms with Crippen LogP contribution in [0.4, 0.5) is 0 Å². The van der Waals surface area contributed by atoms with Gasteiger partial charge in [0.15, 0.2) is 0 Å². The van der Waals surface area contributed by atoms with Crippen LogP contribution in [0.1, 0.15) is 19.8 Å². The Balaban J connectivity index is 2.24. The molecule has 0 radical (unpaired) electrons. The number of hydrogen-bond acceptors (Lipinski definition) is 3. The Morgan fingerprint density at radius 3 is 2.92 bits per heavy atom. The maximum Gasteiger partial charge on any atom is 0.221 e. The van der Waals surface area contributed by atoms with Crippen LogP contribution in [0.3, 0.4) is 0 Å². The first-order chi connectivity index (χ1) is 6.08. The lowest BCUT2D eigenvalue weighted by Crippen LogP contribution is -2.37. The van der Waals surface area contributed by atoms with Crippen LogP contribution in [0.25, 0.3) is 0 Å². The molecule has 0 saturated carbocycles. The fourth-order valence-corrected chi connectivity index (χ4v) is 2.77. The van der Waals surface area contributed by atoms with E-state index >= 15 is 0 Å². The third-order valence-corrected chi connectivity index (χ3v) is 3.42. The number of nitrogens with one attached hydrogen (secondary N) is 1. The van der Waals surface area contributed by atoms with Crippen molar-refractivity contribution in [3.8, 4) is 0 Å². The lowest BCUT2D eigenvalue weighted by Gasteiger charge is -2.11. The van der Waals surface area contributed by atoms with E-state index in [-0.39, 0.29) is 18.0 Å². The van der Waals surface area contributed by atoms with E-state index in [1.165, 1.54) is 0 Å². The largest absolute Gasteiger partial charge is 0.352 e. The molecule has 0 aliphatic carbocycles. The molecular weight excluding hydrogens is 188 g/mol. The summed E-state index contributed by atoms with van der Waals surface area (Å²) in [4.78, 5) is 11.2. The molecule has 0 aromatic carbocycles. The molecule has 1 aliphatic rings. The van der Waals surface area contributed by atoms with E-state index in [0.29, 0.717) is 17.9 Å². The summed E-state index contributed by atoms with van der Waals surface area (Å²) in [5, 5.41) is 2.83. The average Bonchev–Trinajstić information content (AvgIpc) is 2.33. The van der Waals surface area contributed by atoms with Crippen LogP contribution in [0.15, 0.2) is 0 Å². The Kier molecular flexibility index (Phi) is 3.87. The fraction of sp³-hybridized carbons (Fsp3) is 0.875. The van der Waals surface area contributed by atoms with Gasteiger partial charge in [0.2, 0.25) is 5.91 Å². The molecule has 76 valence electrons. The normalized spacial score (nSPS) is 30.0. The van der Waals surface area contributed by atoms with Gasteiger partial charge in [-0.3, -0.25) is 9.00 Å². The van der Waals surface area contributed by atoms with Crippen LogP contribution in [0.2, 0.25) is 0 Å². The quantitative estimate of drug-likeness (QED) is 0.642. The van der Waals surface area contributed by atoms with Crippen LogP contribution in [-0.2, 0) is 15.6 Å². The number of rotatable bonds is 3. The van der Waals surface area contributed by atoms with E-state index in [2.05, 4.69) is 5.32 Å². The van der Waals surface area contributed by atoms with Crippen LogP contribution in [0, 0.1) is 0 Å². The van der Waals surface area contributed by atoms with E-state index in [4.69, 9.17) is 5.73 Å². The molecule has 4 nitrogen and oxygen atoms in total. The molecule has 1 amide bonds. The van der Waals surface area contributed by atoms with Crippen molar-refractivity contribution in [2.24, 2.45) is 5.73 Å². The molecule has 3 atom stereocenters. The molecule has 1 aliphatic heterocycles. The smallest absolute Gasteiger partial charge is 0.221 e. The van der Waals surface area contributed by atoms with Gasteiger partial charge in [-0.1, -0.05) is 0 Å². The van der Waals surface area contributed by atoms with Gasteiger partial charge in [0, 0.05) is 40.8 Å². The van der Waals surface area contributed by atoms with Crippen molar-refractivity contribution in [2.75, 3.05) is 11.5 Å². The van der Waals surface area contributed by atoms with E-state index in [0.717, 1.165) is 6.42 Å². The van der Waals surface area contributed by atoms with Gasteiger partial charge >= 0.3 is 0 Å². The van der Waals surface area contributed by atoms with Gasteiger partial charge in [-0.25, -0.2) is 0 Å². The zero-order chi connectivity index (χ0) is 9.84. The minimum absolute atomic E-state index is 0.0288. The number of carbonyl (C=O) groups is 1. The van der Waals surface area contributed by atoms with Crippen LogP contribution >= 0.6 is 0 Å². The topological polar surface area (TPSA) is 72.2 Å². The molecule has 0 bridgehead atoms. The SMILES string of the molecule is CC(N)CC(=O)NC1CCS(=O)C1. The highest BCUT2D eigenvalue weighted by Gasteiger charge is 2.22. The van der Waals surface area contributed by atoms with Gasteiger partial charge in [0.1, 0.15) is 0 Å². The number of nitrogens with two attached hydrogens (primary N) is 1. The van der Waals surface area contributed by atoms with Crippen molar-refractivity contribution in [1.29, 1.82) is 0 Å². The molecule has 0 aromatic rings. The first-order valence-corrected chi connectivity index (χ1v) is 5.96. The van der Waals surface area contributed by atoms with E-state index in [1.807, 2.05) is 0 Å². The molecule has 1 heterocycles. The summed E-state index contributed by atoms with van der Waals surface area (Å²) in [6.45, 7) is 1.80. The van der Waals surface area contributed by atoms with Gasteiger partial charge in [0.05, 0.1) is 0 Å². The Morgan fingerprint density at radius 1 is 1.77 bits per heavy atom. The second-order valence-corrected chi connectivity index (χ2v) is 5.17. The molecule has 13 heavy (non-hydrogen) atoms. The molecule has 3 N–H and O–H groups in total. The van der Waals surface area contributed by atoms with Crippen molar-refractivity contribution < 1.29 is 9.00 Å². The van der Waals surface area contributed by atoms with Crippen LogP contribution in [0.5, 0.6) is 0 Å². The average molecular weight is 204 g/mol. The minimum atomic E-state index is -0.728. The molecule has 0 aromatic heterocycles.